The van der Waals surface area contributed by atoms with Crippen LogP contribution in [0, 0.1) is 0 Å². The van der Waals surface area contributed by atoms with Gasteiger partial charge in [-0.3, -0.25) is 9.78 Å². The van der Waals surface area contributed by atoms with Crippen LogP contribution in [0.15, 0.2) is 36.7 Å². The molecule has 0 unspecified atom stereocenters. The maximum Gasteiger partial charge on any atom is 0.220 e. The van der Waals surface area contributed by atoms with Crippen LogP contribution in [0.1, 0.15) is 12.0 Å². The normalized spacial score (nSPS) is 10.6. The van der Waals surface area contributed by atoms with Gasteiger partial charge in [-0.05, 0) is 18.1 Å². The van der Waals surface area contributed by atoms with Crippen molar-refractivity contribution in [3.63, 3.8) is 0 Å². The van der Waals surface area contributed by atoms with Gasteiger partial charge >= 0.3 is 0 Å². The summed E-state index contributed by atoms with van der Waals surface area (Å²) in [4.78, 5) is 15.4. The minimum absolute atomic E-state index is 0.0468. The Morgan fingerprint density at radius 2 is 2.38 bits per heavy atom. The van der Waals surface area contributed by atoms with Crippen molar-refractivity contribution in [3.8, 4) is 0 Å². The van der Waals surface area contributed by atoms with Crippen molar-refractivity contribution in [3.05, 3.63) is 42.2 Å². The third-order valence-electron chi connectivity index (χ3n) is 2.08. The van der Waals surface area contributed by atoms with E-state index in [9.17, 15) is 4.79 Å². The van der Waals surface area contributed by atoms with E-state index in [0.717, 1.165) is 12.0 Å². The molecule has 0 radical (unpaired) electrons. The molecule has 1 aromatic rings. The smallest absolute Gasteiger partial charge is 0.220 e. The number of pyridine rings is 1. The molecule has 0 aromatic carbocycles. The zero-order valence-corrected chi connectivity index (χ0v) is 9.23. The molecule has 0 spiro atoms. The van der Waals surface area contributed by atoms with Gasteiger partial charge in [0.15, 0.2) is 0 Å². The van der Waals surface area contributed by atoms with Gasteiger partial charge in [0.05, 0.1) is 0 Å². The molecule has 0 aliphatic carbocycles. The van der Waals surface area contributed by atoms with Crippen molar-refractivity contribution in [2.45, 2.75) is 12.8 Å². The zero-order valence-electron chi connectivity index (χ0n) is 9.23. The summed E-state index contributed by atoms with van der Waals surface area (Å²) in [7, 11) is 0. The number of aromatic nitrogens is 1. The molecule has 0 bridgehead atoms. The molecule has 1 amide bonds. The van der Waals surface area contributed by atoms with E-state index in [4.69, 9.17) is 5.73 Å². The standard InChI is InChI=1S/C12H17N3O/c13-7-1-2-9-15-12(16)6-5-11-4-3-8-14-10-11/h1-4,8,10H,5-7,9,13H2,(H,15,16)/b2-1+. The predicted octanol–water partition coefficient (Wildman–Crippen LogP) is 0.645. The predicted molar refractivity (Wildman–Crippen MR) is 63.8 cm³/mol. The lowest BCUT2D eigenvalue weighted by atomic mass is 10.1. The fraction of sp³-hybridized carbons (Fsp3) is 0.333. The van der Waals surface area contributed by atoms with Gasteiger partial charge in [0.2, 0.25) is 5.91 Å². The molecule has 0 atom stereocenters. The molecular formula is C12H17N3O. The van der Waals surface area contributed by atoms with Crippen molar-refractivity contribution >= 4 is 5.91 Å². The highest BCUT2D eigenvalue weighted by atomic mass is 16.1. The first kappa shape index (κ1) is 12.4. The lowest BCUT2D eigenvalue weighted by molar-refractivity contribution is -0.120. The summed E-state index contributed by atoms with van der Waals surface area (Å²) >= 11 is 0. The van der Waals surface area contributed by atoms with Gasteiger partial charge in [-0.1, -0.05) is 18.2 Å². The number of carbonyl (C=O) groups excluding carboxylic acids is 1. The lowest BCUT2D eigenvalue weighted by Gasteiger charge is -2.02. The zero-order chi connectivity index (χ0) is 11.6. The van der Waals surface area contributed by atoms with Crippen LogP contribution in [0.5, 0.6) is 0 Å². The van der Waals surface area contributed by atoms with Gasteiger partial charge in [-0.25, -0.2) is 0 Å². The fourth-order valence-electron chi connectivity index (χ4n) is 1.24. The largest absolute Gasteiger partial charge is 0.353 e. The molecule has 1 heterocycles. The molecule has 4 heteroatoms. The molecule has 0 aliphatic rings. The minimum Gasteiger partial charge on any atom is -0.353 e. The molecule has 1 rings (SSSR count). The molecule has 0 saturated carbocycles. The van der Waals surface area contributed by atoms with Crippen LogP contribution < -0.4 is 11.1 Å². The van der Waals surface area contributed by atoms with E-state index < -0.39 is 0 Å². The van der Waals surface area contributed by atoms with E-state index in [1.807, 2.05) is 24.3 Å². The second-order valence-electron chi connectivity index (χ2n) is 3.37. The monoisotopic (exact) mass is 219 g/mol. The second kappa shape index (κ2) is 7.59. The molecule has 4 nitrogen and oxygen atoms in total. The number of hydrogen-bond acceptors (Lipinski definition) is 3. The van der Waals surface area contributed by atoms with Gasteiger partial charge in [0.1, 0.15) is 0 Å². The summed E-state index contributed by atoms with van der Waals surface area (Å²) in [5, 5.41) is 2.79. The SMILES string of the molecule is NC/C=C/CNC(=O)CCc1cccnc1. The van der Waals surface area contributed by atoms with E-state index >= 15 is 0 Å². The first-order chi connectivity index (χ1) is 7.83. The summed E-state index contributed by atoms with van der Waals surface area (Å²) in [5.41, 5.74) is 6.35. The third-order valence-corrected chi connectivity index (χ3v) is 2.08. The molecule has 3 N–H and O–H groups in total. The van der Waals surface area contributed by atoms with Gasteiger partial charge in [0, 0.05) is 31.9 Å². The Morgan fingerprint density at radius 1 is 1.50 bits per heavy atom. The van der Waals surface area contributed by atoms with Crippen LogP contribution in [0.2, 0.25) is 0 Å². The molecule has 0 aliphatic heterocycles. The van der Waals surface area contributed by atoms with Crippen LogP contribution >= 0.6 is 0 Å². The molecule has 1 aromatic heterocycles. The van der Waals surface area contributed by atoms with Crippen LogP contribution in [-0.4, -0.2) is 24.0 Å². The maximum atomic E-state index is 11.4. The van der Waals surface area contributed by atoms with Gasteiger partial charge in [-0.2, -0.15) is 0 Å². The number of amides is 1. The number of carbonyl (C=O) groups is 1. The Kier molecular flexibility index (Phi) is 5.88. The highest BCUT2D eigenvalue weighted by molar-refractivity contribution is 5.76. The highest BCUT2D eigenvalue weighted by Gasteiger charge is 2.00. The van der Waals surface area contributed by atoms with Crippen LogP contribution in [0.3, 0.4) is 0 Å². The van der Waals surface area contributed by atoms with Gasteiger partial charge in [0.25, 0.3) is 0 Å². The number of aryl methyl sites for hydroxylation is 1. The van der Waals surface area contributed by atoms with E-state index in [1.54, 1.807) is 12.4 Å². The number of nitrogens with one attached hydrogen (secondary N) is 1. The Balaban J connectivity index is 2.18. The Labute approximate surface area is 95.6 Å². The Hall–Kier alpha value is -1.68. The minimum atomic E-state index is 0.0468. The first-order valence-electron chi connectivity index (χ1n) is 5.33. The van der Waals surface area contributed by atoms with Crippen molar-refractivity contribution in [1.82, 2.24) is 10.3 Å². The van der Waals surface area contributed by atoms with Crippen molar-refractivity contribution in [2.75, 3.05) is 13.1 Å². The third kappa shape index (κ3) is 5.26. The average molecular weight is 219 g/mol. The second-order valence-corrected chi connectivity index (χ2v) is 3.37. The van der Waals surface area contributed by atoms with Crippen LogP contribution in [0.25, 0.3) is 0 Å². The number of rotatable bonds is 6. The summed E-state index contributed by atoms with van der Waals surface area (Å²) in [6.45, 7) is 1.05. The first-order valence-corrected chi connectivity index (χ1v) is 5.33. The van der Waals surface area contributed by atoms with Gasteiger partial charge in [-0.15, -0.1) is 0 Å². The summed E-state index contributed by atoms with van der Waals surface area (Å²) < 4.78 is 0. The van der Waals surface area contributed by atoms with Gasteiger partial charge < -0.3 is 11.1 Å². The maximum absolute atomic E-state index is 11.4. The molecular weight excluding hydrogens is 202 g/mol. The number of nitrogens with two attached hydrogens (primary N) is 1. The fourth-order valence-corrected chi connectivity index (χ4v) is 1.24. The Morgan fingerprint density at radius 3 is 3.06 bits per heavy atom. The molecule has 16 heavy (non-hydrogen) atoms. The summed E-state index contributed by atoms with van der Waals surface area (Å²) in [5.74, 6) is 0.0468. The Bertz CT molecular complexity index is 335. The summed E-state index contributed by atoms with van der Waals surface area (Å²) in [6, 6.07) is 3.84. The van der Waals surface area contributed by atoms with Crippen molar-refractivity contribution < 1.29 is 4.79 Å². The topological polar surface area (TPSA) is 68.0 Å². The average Bonchev–Trinajstić information content (AvgIpc) is 2.33. The summed E-state index contributed by atoms with van der Waals surface area (Å²) in [6.07, 6.45) is 8.38. The van der Waals surface area contributed by atoms with E-state index in [0.29, 0.717) is 19.5 Å². The van der Waals surface area contributed by atoms with Crippen molar-refractivity contribution in [1.29, 1.82) is 0 Å². The highest BCUT2D eigenvalue weighted by Crippen LogP contribution is 1.99. The van der Waals surface area contributed by atoms with Crippen molar-refractivity contribution in [2.24, 2.45) is 5.73 Å². The number of hydrogen-bond donors (Lipinski definition) is 2. The van der Waals surface area contributed by atoms with E-state index in [2.05, 4.69) is 10.3 Å². The molecule has 86 valence electrons. The van der Waals surface area contributed by atoms with E-state index in [-0.39, 0.29) is 5.91 Å². The van der Waals surface area contributed by atoms with E-state index in [1.165, 1.54) is 0 Å². The lowest BCUT2D eigenvalue weighted by Crippen LogP contribution is -2.23. The quantitative estimate of drug-likeness (QED) is 0.690. The molecule has 0 saturated heterocycles. The van der Waals surface area contributed by atoms with Crippen LogP contribution in [0.4, 0.5) is 0 Å². The van der Waals surface area contributed by atoms with Crippen LogP contribution in [-0.2, 0) is 11.2 Å². The number of nitrogens with zero attached hydrogens (tertiary/aromatic N) is 1. The molecule has 0 fully saturated rings.